The van der Waals surface area contributed by atoms with Crippen molar-refractivity contribution in [3.63, 3.8) is 0 Å². The first kappa shape index (κ1) is 21.9. The van der Waals surface area contributed by atoms with Gasteiger partial charge in [0.05, 0.1) is 16.3 Å². The number of thioether (sulfide) groups is 1. The number of anilines is 1. The van der Waals surface area contributed by atoms with Crippen LogP contribution in [0.5, 0.6) is 0 Å². The Kier molecular flexibility index (Phi) is 5.90. The largest absolute Gasteiger partial charge is 0.318 e. The molecule has 1 aliphatic rings. The molecule has 5 rings (SSSR count). The van der Waals surface area contributed by atoms with E-state index in [2.05, 4.69) is 0 Å². The molecule has 3 aromatic carbocycles. The SMILES string of the molecule is Cc1cc(C=C2SC(=Nc3ccccc3)N(c3ccccc3)C2=O)c(C)n1-c1cccc(F)c1. The van der Waals surface area contributed by atoms with Crippen LogP contribution in [-0.4, -0.2) is 15.6 Å². The number of halogens is 1. The maximum Gasteiger partial charge on any atom is 0.271 e. The monoisotopic (exact) mass is 467 g/mol. The Morgan fingerprint density at radius 2 is 1.53 bits per heavy atom. The highest BCUT2D eigenvalue weighted by Gasteiger charge is 2.35. The number of carbonyl (C=O) groups is 1. The maximum atomic E-state index is 13.8. The topological polar surface area (TPSA) is 37.6 Å². The molecular formula is C28H22FN3OS. The van der Waals surface area contributed by atoms with Crippen molar-refractivity contribution < 1.29 is 9.18 Å². The molecule has 1 fully saturated rings. The molecule has 1 aromatic heterocycles. The minimum atomic E-state index is -0.285. The summed E-state index contributed by atoms with van der Waals surface area (Å²) in [6.07, 6.45) is 1.90. The number of hydrogen-bond donors (Lipinski definition) is 0. The van der Waals surface area contributed by atoms with Gasteiger partial charge in [-0.3, -0.25) is 9.69 Å². The van der Waals surface area contributed by atoms with E-state index in [4.69, 9.17) is 4.99 Å². The Morgan fingerprint density at radius 3 is 2.24 bits per heavy atom. The number of amidine groups is 1. The second kappa shape index (κ2) is 9.15. The van der Waals surface area contributed by atoms with Crippen LogP contribution in [0.2, 0.25) is 0 Å². The first-order valence-electron chi connectivity index (χ1n) is 10.9. The van der Waals surface area contributed by atoms with Gasteiger partial charge in [-0.25, -0.2) is 9.38 Å². The molecule has 0 bridgehead atoms. The van der Waals surface area contributed by atoms with E-state index in [-0.39, 0.29) is 11.7 Å². The van der Waals surface area contributed by atoms with Gasteiger partial charge in [-0.2, -0.15) is 0 Å². The lowest BCUT2D eigenvalue weighted by Gasteiger charge is -2.15. The summed E-state index contributed by atoms with van der Waals surface area (Å²) >= 11 is 1.35. The number of hydrogen-bond acceptors (Lipinski definition) is 3. The molecule has 1 amide bonds. The summed E-state index contributed by atoms with van der Waals surface area (Å²) < 4.78 is 15.8. The normalized spacial score (nSPS) is 16.1. The van der Waals surface area contributed by atoms with E-state index in [1.54, 1.807) is 11.0 Å². The third kappa shape index (κ3) is 4.20. The summed E-state index contributed by atoms with van der Waals surface area (Å²) in [5, 5.41) is 0.604. The molecule has 4 aromatic rings. The Morgan fingerprint density at radius 1 is 0.853 bits per heavy atom. The van der Waals surface area contributed by atoms with Crippen LogP contribution < -0.4 is 4.90 Å². The van der Waals surface area contributed by atoms with E-state index in [9.17, 15) is 9.18 Å². The second-order valence-corrected chi connectivity index (χ2v) is 8.97. The fourth-order valence-electron chi connectivity index (χ4n) is 4.05. The average Bonchev–Trinajstić information content (AvgIpc) is 3.29. The summed E-state index contributed by atoms with van der Waals surface area (Å²) in [7, 11) is 0. The van der Waals surface area contributed by atoms with Gasteiger partial charge in [-0.1, -0.05) is 42.5 Å². The number of rotatable bonds is 4. The molecule has 1 saturated heterocycles. The zero-order valence-electron chi connectivity index (χ0n) is 18.8. The van der Waals surface area contributed by atoms with Gasteiger partial charge < -0.3 is 4.57 Å². The number of para-hydroxylation sites is 2. The minimum absolute atomic E-state index is 0.124. The summed E-state index contributed by atoms with van der Waals surface area (Å²) in [6, 6.07) is 27.7. The highest BCUT2D eigenvalue weighted by Crippen LogP contribution is 2.38. The molecule has 168 valence electrons. The summed E-state index contributed by atoms with van der Waals surface area (Å²) in [5.41, 5.74) is 5.11. The van der Waals surface area contributed by atoms with Gasteiger partial charge >= 0.3 is 0 Å². The summed E-state index contributed by atoms with van der Waals surface area (Å²) in [5.74, 6) is -0.409. The fourth-order valence-corrected chi connectivity index (χ4v) is 5.05. The zero-order valence-corrected chi connectivity index (χ0v) is 19.6. The van der Waals surface area contributed by atoms with Gasteiger partial charge in [0.15, 0.2) is 5.17 Å². The van der Waals surface area contributed by atoms with E-state index >= 15 is 0 Å². The van der Waals surface area contributed by atoms with Crippen LogP contribution in [0.4, 0.5) is 15.8 Å². The average molecular weight is 468 g/mol. The molecule has 0 spiro atoms. The van der Waals surface area contributed by atoms with Gasteiger partial charge in [0.1, 0.15) is 5.82 Å². The van der Waals surface area contributed by atoms with Crippen molar-refractivity contribution in [2.75, 3.05) is 4.90 Å². The zero-order chi connectivity index (χ0) is 23.7. The first-order valence-corrected chi connectivity index (χ1v) is 11.7. The molecule has 0 aliphatic carbocycles. The predicted octanol–water partition coefficient (Wildman–Crippen LogP) is 7.04. The number of aryl methyl sites for hydroxylation is 1. The van der Waals surface area contributed by atoms with Crippen LogP contribution in [-0.2, 0) is 4.79 Å². The van der Waals surface area contributed by atoms with Gasteiger partial charge in [0.25, 0.3) is 5.91 Å². The van der Waals surface area contributed by atoms with Crippen LogP contribution >= 0.6 is 11.8 Å². The minimum Gasteiger partial charge on any atom is -0.318 e. The smallest absolute Gasteiger partial charge is 0.271 e. The molecule has 0 unspecified atom stereocenters. The number of benzene rings is 3. The fraction of sp³-hybridized carbons (Fsp3) is 0.0714. The number of aliphatic imine (C=N–C) groups is 1. The Balaban J connectivity index is 1.57. The van der Waals surface area contributed by atoms with E-state index < -0.39 is 0 Å². The molecule has 34 heavy (non-hydrogen) atoms. The standard InChI is InChI=1S/C28H22FN3OS/c1-19-16-21(20(2)31(19)25-15-9-10-22(29)18-25)17-26-27(33)32(24-13-7-4-8-14-24)28(34-26)30-23-11-5-3-6-12-23/h3-18H,1-2H3. The van der Waals surface area contributed by atoms with Crippen molar-refractivity contribution in [3.8, 4) is 5.69 Å². The number of carbonyl (C=O) groups excluding carboxylic acids is 1. The Labute approximate surface area is 202 Å². The van der Waals surface area contributed by atoms with Crippen LogP contribution in [0, 0.1) is 19.7 Å². The van der Waals surface area contributed by atoms with E-state index in [1.165, 1.54) is 23.9 Å². The van der Waals surface area contributed by atoms with E-state index in [0.717, 1.165) is 34.0 Å². The number of aromatic nitrogens is 1. The molecule has 4 nitrogen and oxygen atoms in total. The van der Waals surface area contributed by atoms with Crippen molar-refractivity contribution in [2.45, 2.75) is 13.8 Å². The molecule has 2 heterocycles. The molecule has 0 radical (unpaired) electrons. The van der Waals surface area contributed by atoms with Gasteiger partial charge in [-0.15, -0.1) is 0 Å². The molecule has 1 aliphatic heterocycles. The van der Waals surface area contributed by atoms with Crippen LogP contribution in [0.1, 0.15) is 17.0 Å². The highest BCUT2D eigenvalue weighted by molar-refractivity contribution is 8.19. The molecule has 0 N–H and O–H groups in total. The molecule has 0 saturated carbocycles. The van der Waals surface area contributed by atoms with Crippen molar-refractivity contribution in [3.05, 3.63) is 119 Å². The van der Waals surface area contributed by atoms with Gasteiger partial charge in [0, 0.05) is 17.1 Å². The van der Waals surface area contributed by atoms with Crippen molar-refractivity contribution in [1.29, 1.82) is 0 Å². The molecule has 6 heteroatoms. The van der Waals surface area contributed by atoms with Crippen molar-refractivity contribution in [1.82, 2.24) is 4.57 Å². The summed E-state index contributed by atoms with van der Waals surface area (Å²) in [6.45, 7) is 3.95. The quantitative estimate of drug-likeness (QED) is 0.302. The lowest BCUT2D eigenvalue weighted by atomic mass is 10.2. The Hall–Kier alpha value is -3.90. The molecular weight excluding hydrogens is 445 g/mol. The van der Waals surface area contributed by atoms with Crippen molar-refractivity contribution in [2.24, 2.45) is 4.99 Å². The van der Waals surface area contributed by atoms with E-state index in [0.29, 0.717) is 10.1 Å². The first-order chi connectivity index (χ1) is 16.5. The molecule has 0 atom stereocenters. The third-order valence-corrected chi connectivity index (χ3v) is 6.59. The summed E-state index contributed by atoms with van der Waals surface area (Å²) in [4.78, 5) is 20.5. The lowest BCUT2D eigenvalue weighted by Crippen LogP contribution is -2.28. The van der Waals surface area contributed by atoms with Gasteiger partial charge in [0.2, 0.25) is 0 Å². The van der Waals surface area contributed by atoms with Crippen molar-refractivity contribution >= 4 is 40.3 Å². The van der Waals surface area contributed by atoms with Crippen LogP contribution in [0.25, 0.3) is 11.8 Å². The number of nitrogens with zero attached hydrogens (tertiary/aromatic N) is 3. The second-order valence-electron chi connectivity index (χ2n) is 7.96. The highest BCUT2D eigenvalue weighted by atomic mass is 32.2. The predicted molar refractivity (Wildman–Crippen MR) is 138 cm³/mol. The third-order valence-electron chi connectivity index (χ3n) is 5.63. The van der Waals surface area contributed by atoms with Gasteiger partial charge in [-0.05, 0) is 85.8 Å². The maximum absolute atomic E-state index is 13.8. The Bertz CT molecular complexity index is 1420. The lowest BCUT2D eigenvalue weighted by molar-refractivity contribution is -0.113. The van der Waals surface area contributed by atoms with Crippen LogP contribution in [0.3, 0.4) is 0 Å². The number of amides is 1. The van der Waals surface area contributed by atoms with E-state index in [1.807, 2.05) is 97.3 Å². The van der Waals surface area contributed by atoms with Crippen LogP contribution in [0.15, 0.2) is 101 Å².